The number of aromatic nitrogens is 1. The van der Waals surface area contributed by atoms with Gasteiger partial charge in [0.2, 0.25) is 0 Å². The third kappa shape index (κ3) is 5.73. The van der Waals surface area contributed by atoms with Crippen LogP contribution in [0.15, 0.2) is 24.5 Å². The second-order valence-corrected chi connectivity index (χ2v) is 8.14. The zero-order valence-corrected chi connectivity index (χ0v) is 16.6. The van der Waals surface area contributed by atoms with Gasteiger partial charge in [-0.15, -0.1) is 0 Å². The van der Waals surface area contributed by atoms with Gasteiger partial charge in [-0.3, -0.25) is 14.7 Å². The van der Waals surface area contributed by atoms with Crippen LogP contribution in [0.4, 0.5) is 0 Å². The Hall–Kier alpha value is -1.54. The monoisotopic (exact) mass is 391 g/mol. The molecule has 3 N–H and O–H groups in total. The standard InChI is InChI=1S/C21H33N3O4/c25-18-5-12-22-9-2-1-6-21(20(27)28-16-19(18)26)7-13-24(14-8-21)15-17-3-10-23-11-4-17/h3-4,10-11,18-19,22,25-26H,1-2,5-9,12-16H2/t18-,19+/m0/s1. The molecule has 2 aliphatic rings. The van der Waals surface area contributed by atoms with Crippen LogP contribution in [0.25, 0.3) is 0 Å². The molecule has 0 radical (unpaired) electrons. The van der Waals surface area contributed by atoms with Crippen molar-refractivity contribution in [3.63, 3.8) is 0 Å². The number of nitrogens with one attached hydrogen (secondary N) is 1. The number of carbonyl (C=O) groups is 1. The molecule has 0 amide bonds. The highest BCUT2D eigenvalue weighted by Crippen LogP contribution is 2.38. The summed E-state index contributed by atoms with van der Waals surface area (Å²) in [5.74, 6) is -0.213. The molecule has 3 rings (SSSR count). The molecule has 1 aromatic heterocycles. The Kier molecular flexibility index (Phi) is 7.79. The highest BCUT2D eigenvalue weighted by molar-refractivity contribution is 5.77. The van der Waals surface area contributed by atoms with Gasteiger partial charge in [0.1, 0.15) is 12.7 Å². The van der Waals surface area contributed by atoms with Crippen molar-refractivity contribution in [3.8, 4) is 0 Å². The zero-order valence-electron chi connectivity index (χ0n) is 16.6. The van der Waals surface area contributed by atoms with Gasteiger partial charge in [-0.1, -0.05) is 6.42 Å². The number of piperidine rings is 1. The van der Waals surface area contributed by atoms with Crippen LogP contribution < -0.4 is 5.32 Å². The first-order valence-electron chi connectivity index (χ1n) is 10.4. The highest BCUT2D eigenvalue weighted by atomic mass is 16.5. The lowest BCUT2D eigenvalue weighted by Crippen LogP contribution is -2.45. The van der Waals surface area contributed by atoms with Crippen LogP contribution in [-0.4, -0.2) is 71.1 Å². The summed E-state index contributed by atoms with van der Waals surface area (Å²) >= 11 is 0. The second kappa shape index (κ2) is 10.3. The summed E-state index contributed by atoms with van der Waals surface area (Å²) < 4.78 is 5.49. The number of ether oxygens (including phenoxy) is 1. The first-order chi connectivity index (χ1) is 13.6. The molecule has 7 heteroatoms. The molecule has 1 aromatic rings. The van der Waals surface area contributed by atoms with Gasteiger partial charge in [0.25, 0.3) is 0 Å². The number of rotatable bonds is 2. The van der Waals surface area contributed by atoms with Gasteiger partial charge in [0, 0.05) is 18.9 Å². The fourth-order valence-electron chi connectivity index (χ4n) is 4.15. The molecular weight excluding hydrogens is 358 g/mol. The van der Waals surface area contributed by atoms with Gasteiger partial charge in [-0.2, -0.15) is 0 Å². The highest BCUT2D eigenvalue weighted by Gasteiger charge is 2.42. The first kappa shape index (κ1) is 21.2. The van der Waals surface area contributed by atoms with Crippen LogP contribution in [-0.2, 0) is 16.1 Å². The van der Waals surface area contributed by atoms with Gasteiger partial charge < -0.3 is 20.3 Å². The van der Waals surface area contributed by atoms with E-state index in [0.29, 0.717) is 13.0 Å². The van der Waals surface area contributed by atoms with Gasteiger partial charge in [-0.25, -0.2) is 0 Å². The van der Waals surface area contributed by atoms with E-state index in [2.05, 4.69) is 15.2 Å². The SMILES string of the molecule is O=C1OC[C@@H](O)[C@@H](O)CCNCCCCC12CCN(Cc1ccncc1)CC2. The lowest BCUT2D eigenvalue weighted by Gasteiger charge is -2.40. The Morgan fingerprint density at radius 2 is 1.86 bits per heavy atom. The lowest BCUT2D eigenvalue weighted by molar-refractivity contribution is -0.165. The minimum atomic E-state index is -1.03. The number of hydrogen-bond acceptors (Lipinski definition) is 7. The molecule has 2 fully saturated rings. The quantitative estimate of drug-likeness (QED) is 0.650. The Balaban J connectivity index is 1.61. The minimum absolute atomic E-state index is 0.136. The molecule has 0 saturated carbocycles. The van der Waals surface area contributed by atoms with Crippen LogP contribution in [0.2, 0.25) is 0 Å². The van der Waals surface area contributed by atoms with E-state index >= 15 is 0 Å². The number of aliphatic hydroxyl groups excluding tert-OH is 2. The topological polar surface area (TPSA) is 94.9 Å². The Morgan fingerprint density at radius 3 is 2.61 bits per heavy atom. The van der Waals surface area contributed by atoms with E-state index in [1.165, 1.54) is 5.56 Å². The predicted octanol–water partition coefficient (Wildman–Crippen LogP) is 1.09. The largest absolute Gasteiger partial charge is 0.462 e. The molecule has 2 saturated heterocycles. The maximum Gasteiger partial charge on any atom is 0.312 e. The maximum absolute atomic E-state index is 13.0. The number of likely N-dealkylation sites (tertiary alicyclic amines) is 1. The fourth-order valence-corrected chi connectivity index (χ4v) is 4.15. The predicted molar refractivity (Wildman–Crippen MR) is 105 cm³/mol. The van der Waals surface area contributed by atoms with Gasteiger partial charge in [-0.05, 0) is 76.0 Å². The van der Waals surface area contributed by atoms with Crippen molar-refractivity contribution in [2.75, 3.05) is 32.8 Å². The van der Waals surface area contributed by atoms with Crippen LogP contribution in [0.1, 0.15) is 44.1 Å². The molecule has 0 unspecified atom stereocenters. The molecule has 0 bridgehead atoms. The van der Waals surface area contributed by atoms with E-state index in [1.54, 1.807) is 12.4 Å². The molecule has 3 heterocycles. The number of esters is 1. The minimum Gasteiger partial charge on any atom is -0.462 e. The Morgan fingerprint density at radius 1 is 1.11 bits per heavy atom. The summed E-state index contributed by atoms with van der Waals surface area (Å²) in [6.07, 6.45) is 6.47. The van der Waals surface area contributed by atoms with E-state index < -0.39 is 17.6 Å². The van der Waals surface area contributed by atoms with E-state index in [1.807, 2.05) is 12.1 Å². The molecule has 2 aliphatic heterocycles. The van der Waals surface area contributed by atoms with Crippen molar-refractivity contribution in [2.45, 2.75) is 57.3 Å². The van der Waals surface area contributed by atoms with Crippen LogP contribution in [0, 0.1) is 5.41 Å². The molecule has 2 atom stereocenters. The lowest BCUT2D eigenvalue weighted by atomic mass is 9.74. The smallest absolute Gasteiger partial charge is 0.312 e. The molecule has 28 heavy (non-hydrogen) atoms. The average molecular weight is 392 g/mol. The third-order valence-electron chi connectivity index (χ3n) is 6.11. The summed E-state index contributed by atoms with van der Waals surface area (Å²) in [5.41, 5.74) is 0.750. The summed E-state index contributed by atoms with van der Waals surface area (Å²) in [6.45, 7) is 3.94. The Labute approximate surface area is 167 Å². The molecule has 0 aliphatic carbocycles. The van der Waals surface area contributed by atoms with Gasteiger partial charge >= 0.3 is 5.97 Å². The van der Waals surface area contributed by atoms with Crippen molar-refractivity contribution in [2.24, 2.45) is 5.41 Å². The fraction of sp³-hybridized carbons (Fsp3) is 0.714. The zero-order chi connectivity index (χ0) is 19.8. The van der Waals surface area contributed by atoms with Crippen molar-refractivity contribution in [1.29, 1.82) is 0 Å². The molecule has 7 nitrogen and oxygen atoms in total. The summed E-state index contributed by atoms with van der Waals surface area (Å²) in [7, 11) is 0. The summed E-state index contributed by atoms with van der Waals surface area (Å²) in [5, 5.41) is 23.4. The third-order valence-corrected chi connectivity index (χ3v) is 6.11. The van der Waals surface area contributed by atoms with E-state index in [4.69, 9.17) is 4.74 Å². The van der Waals surface area contributed by atoms with Crippen LogP contribution in [0.3, 0.4) is 0 Å². The number of pyridine rings is 1. The molecule has 156 valence electrons. The molecule has 1 spiro atoms. The summed E-state index contributed by atoms with van der Waals surface area (Å²) in [6, 6.07) is 4.05. The average Bonchev–Trinajstić information content (AvgIpc) is 2.73. The number of carbonyl (C=O) groups excluding carboxylic acids is 1. The van der Waals surface area contributed by atoms with Crippen LogP contribution >= 0.6 is 0 Å². The number of hydrogen-bond donors (Lipinski definition) is 3. The van der Waals surface area contributed by atoms with E-state index in [9.17, 15) is 15.0 Å². The number of aliphatic hydroxyl groups is 2. The van der Waals surface area contributed by atoms with Gasteiger partial charge in [0.05, 0.1) is 11.5 Å². The van der Waals surface area contributed by atoms with Gasteiger partial charge in [0.15, 0.2) is 0 Å². The number of cyclic esters (lactones) is 1. The first-order valence-corrected chi connectivity index (χ1v) is 10.4. The number of nitrogens with zero attached hydrogens (tertiary/aromatic N) is 2. The molecule has 0 aromatic carbocycles. The van der Waals surface area contributed by atoms with Crippen LogP contribution in [0.5, 0.6) is 0 Å². The van der Waals surface area contributed by atoms with Crippen molar-refractivity contribution >= 4 is 5.97 Å². The van der Waals surface area contributed by atoms with E-state index in [0.717, 1.165) is 58.3 Å². The maximum atomic E-state index is 13.0. The second-order valence-electron chi connectivity index (χ2n) is 8.14. The normalized spacial score (nSPS) is 28.0. The van der Waals surface area contributed by atoms with Crippen molar-refractivity contribution < 1.29 is 19.7 Å². The summed E-state index contributed by atoms with van der Waals surface area (Å²) in [4.78, 5) is 19.4. The van der Waals surface area contributed by atoms with Crippen molar-refractivity contribution in [1.82, 2.24) is 15.2 Å². The van der Waals surface area contributed by atoms with Crippen molar-refractivity contribution in [3.05, 3.63) is 30.1 Å². The Bertz CT molecular complexity index is 605. The van der Waals surface area contributed by atoms with E-state index in [-0.39, 0.29) is 12.6 Å². The molecular formula is C21H33N3O4.